The van der Waals surface area contributed by atoms with Gasteiger partial charge in [0.15, 0.2) is 5.79 Å². The summed E-state index contributed by atoms with van der Waals surface area (Å²) < 4.78 is 40.1. The van der Waals surface area contributed by atoms with Crippen molar-refractivity contribution >= 4 is 10.0 Å². The van der Waals surface area contributed by atoms with Crippen LogP contribution < -0.4 is 0 Å². The fourth-order valence-electron chi connectivity index (χ4n) is 5.08. The number of hydrogen-bond acceptors (Lipinski definition) is 5. The second-order valence-corrected chi connectivity index (χ2v) is 12.1. The lowest BCUT2D eigenvalue weighted by Gasteiger charge is -2.38. The molecule has 0 aliphatic carbocycles. The Balaban J connectivity index is 1.48. The quantitative estimate of drug-likeness (QED) is 0.584. The van der Waals surface area contributed by atoms with E-state index in [-0.39, 0.29) is 17.6 Å². The van der Waals surface area contributed by atoms with Gasteiger partial charge in [0.25, 0.3) is 0 Å². The first-order valence-electron chi connectivity index (χ1n) is 11.7. The van der Waals surface area contributed by atoms with Gasteiger partial charge in [-0.2, -0.15) is 0 Å². The van der Waals surface area contributed by atoms with Gasteiger partial charge in [-0.25, -0.2) is 12.7 Å². The Morgan fingerprint density at radius 2 is 1.64 bits per heavy atom. The molecule has 2 aromatic rings. The zero-order valence-corrected chi connectivity index (χ0v) is 20.9. The molecule has 6 nitrogen and oxygen atoms in total. The number of benzene rings is 2. The minimum Gasteiger partial charge on any atom is -0.344 e. The zero-order valence-electron chi connectivity index (χ0n) is 20.1. The van der Waals surface area contributed by atoms with E-state index in [2.05, 4.69) is 24.0 Å². The Labute approximate surface area is 198 Å². The Morgan fingerprint density at radius 1 is 1.03 bits per heavy atom. The second-order valence-electron chi connectivity index (χ2n) is 10.1. The molecule has 0 bridgehead atoms. The largest absolute Gasteiger partial charge is 0.344 e. The Bertz CT molecular complexity index is 1030. The average molecular weight is 473 g/mol. The van der Waals surface area contributed by atoms with Crippen molar-refractivity contribution in [2.45, 2.75) is 61.9 Å². The van der Waals surface area contributed by atoms with Gasteiger partial charge in [-0.1, -0.05) is 55.5 Å². The normalized spacial score (nSPS) is 25.0. The number of likely N-dealkylation sites (tertiary alicyclic amines) is 1. The van der Waals surface area contributed by atoms with Crippen LogP contribution >= 0.6 is 0 Å². The van der Waals surface area contributed by atoms with Crippen molar-refractivity contribution in [3.05, 3.63) is 66.2 Å². The molecular weight excluding hydrogens is 436 g/mol. The van der Waals surface area contributed by atoms with Gasteiger partial charge in [0.05, 0.1) is 17.1 Å². The van der Waals surface area contributed by atoms with Gasteiger partial charge in [0.2, 0.25) is 10.0 Å². The van der Waals surface area contributed by atoms with Gasteiger partial charge in [-0.05, 0) is 50.9 Å². The highest BCUT2D eigenvalue weighted by atomic mass is 32.2. The third-order valence-electron chi connectivity index (χ3n) is 6.93. The van der Waals surface area contributed by atoms with E-state index in [1.165, 1.54) is 4.31 Å². The lowest BCUT2D eigenvalue weighted by molar-refractivity contribution is -0.145. The fraction of sp³-hybridized carbons (Fsp3) is 0.538. The third kappa shape index (κ3) is 5.49. The average Bonchev–Trinajstić information content (AvgIpc) is 3.12. The van der Waals surface area contributed by atoms with Gasteiger partial charge >= 0.3 is 0 Å². The summed E-state index contributed by atoms with van der Waals surface area (Å²) in [7, 11) is -1.88. The third-order valence-corrected chi connectivity index (χ3v) is 8.74. The van der Waals surface area contributed by atoms with Gasteiger partial charge in [0.1, 0.15) is 0 Å². The summed E-state index contributed by atoms with van der Waals surface area (Å²) in [5.74, 6) is -0.515. The monoisotopic (exact) mass is 472 g/mol. The number of hydrogen-bond donors (Lipinski definition) is 0. The van der Waals surface area contributed by atoms with Gasteiger partial charge < -0.3 is 14.4 Å². The van der Waals surface area contributed by atoms with Crippen LogP contribution in [0.2, 0.25) is 0 Å². The molecule has 2 heterocycles. The maximum Gasteiger partial charge on any atom is 0.242 e. The Hall–Kier alpha value is -1.77. The molecule has 0 unspecified atom stereocenters. The van der Waals surface area contributed by atoms with E-state index >= 15 is 0 Å². The van der Waals surface area contributed by atoms with Gasteiger partial charge in [-0.15, -0.1) is 0 Å². The molecule has 7 heteroatoms. The van der Waals surface area contributed by atoms with Crippen LogP contribution in [0.4, 0.5) is 0 Å². The van der Waals surface area contributed by atoms with Crippen LogP contribution in [-0.2, 0) is 24.9 Å². The second kappa shape index (κ2) is 9.47. The highest BCUT2D eigenvalue weighted by Crippen LogP contribution is 2.35. The van der Waals surface area contributed by atoms with Crippen molar-refractivity contribution in [2.24, 2.45) is 0 Å². The van der Waals surface area contributed by atoms with E-state index in [1.807, 2.05) is 38.1 Å². The molecule has 0 N–H and O–H groups in total. The summed E-state index contributed by atoms with van der Waals surface area (Å²) in [4.78, 5) is 2.75. The number of fused-ring (bicyclic) bond motifs is 1. The lowest BCUT2D eigenvalue weighted by Crippen LogP contribution is -2.47. The van der Waals surface area contributed by atoms with Crippen molar-refractivity contribution in [1.29, 1.82) is 0 Å². The van der Waals surface area contributed by atoms with Crippen LogP contribution in [0.25, 0.3) is 0 Å². The van der Waals surface area contributed by atoms with Crippen molar-refractivity contribution in [3.63, 3.8) is 0 Å². The molecule has 0 aromatic heterocycles. The first-order valence-corrected chi connectivity index (χ1v) is 13.2. The topological polar surface area (TPSA) is 59.1 Å². The highest BCUT2D eigenvalue weighted by Gasteiger charge is 2.44. The van der Waals surface area contributed by atoms with Crippen molar-refractivity contribution in [1.82, 2.24) is 9.21 Å². The molecule has 4 rings (SSSR count). The number of sulfonamides is 1. The SMILES string of the molecule is CN(C[C@@](C)(CCN1CC[C@H]2OC(C)(C)O[C@H]2C1)c1ccccc1)S(=O)(=O)c1ccccc1. The van der Waals surface area contributed by atoms with Crippen molar-refractivity contribution < 1.29 is 17.9 Å². The zero-order chi connectivity index (χ0) is 23.7. The van der Waals surface area contributed by atoms with Gasteiger partial charge in [-0.3, -0.25) is 0 Å². The Morgan fingerprint density at radius 3 is 2.30 bits per heavy atom. The van der Waals surface area contributed by atoms with E-state index in [0.717, 1.165) is 38.0 Å². The smallest absolute Gasteiger partial charge is 0.242 e. The molecule has 3 atom stereocenters. The van der Waals surface area contributed by atoms with E-state index in [4.69, 9.17) is 9.47 Å². The first-order chi connectivity index (χ1) is 15.6. The van der Waals surface area contributed by atoms with Crippen LogP contribution in [0, 0.1) is 0 Å². The summed E-state index contributed by atoms with van der Waals surface area (Å²) in [6.45, 7) is 9.21. The summed E-state index contributed by atoms with van der Waals surface area (Å²) in [6.07, 6.45) is 2.06. The van der Waals surface area contributed by atoms with Gasteiger partial charge in [0, 0.05) is 32.1 Å². The predicted octanol–water partition coefficient (Wildman–Crippen LogP) is 3.88. The summed E-state index contributed by atoms with van der Waals surface area (Å²) in [5.41, 5.74) is 0.817. The van der Waals surface area contributed by atoms with Crippen molar-refractivity contribution in [3.8, 4) is 0 Å². The molecule has 0 radical (unpaired) electrons. The van der Waals surface area contributed by atoms with E-state index in [1.54, 1.807) is 31.3 Å². The minimum atomic E-state index is -3.56. The standard InChI is InChI=1S/C26H36N2O4S/c1-25(2)31-23-15-17-28(19-24(23)32-25)18-16-26(3,21-11-7-5-8-12-21)20-27(4)33(29,30)22-13-9-6-10-14-22/h5-14,23-24H,15-20H2,1-4H3/t23-,24+,26-/m1/s1. The van der Waals surface area contributed by atoms with Crippen LogP contribution in [0.1, 0.15) is 39.2 Å². The number of piperidine rings is 1. The first kappa shape index (κ1) is 24.4. The predicted molar refractivity (Wildman–Crippen MR) is 130 cm³/mol. The molecule has 0 spiro atoms. The van der Waals surface area contributed by atoms with Crippen LogP contribution in [0.3, 0.4) is 0 Å². The molecule has 0 saturated carbocycles. The molecule has 2 saturated heterocycles. The molecule has 2 aliphatic rings. The number of likely N-dealkylation sites (N-methyl/N-ethyl adjacent to an activating group) is 1. The lowest BCUT2D eigenvalue weighted by atomic mass is 9.79. The van der Waals surface area contributed by atoms with E-state index < -0.39 is 15.8 Å². The highest BCUT2D eigenvalue weighted by molar-refractivity contribution is 7.89. The van der Waals surface area contributed by atoms with Crippen molar-refractivity contribution in [2.75, 3.05) is 33.2 Å². The van der Waals surface area contributed by atoms with Crippen LogP contribution in [0.5, 0.6) is 0 Å². The molecule has 33 heavy (non-hydrogen) atoms. The number of ether oxygens (including phenoxy) is 2. The maximum atomic E-state index is 13.2. The van der Waals surface area contributed by atoms with Crippen LogP contribution in [-0.4, -0.2) is 68.8 Å². The molecule has 2 aliphatic heterocycles. The minimum absolute atomic E-state index is 0.0952. The molecule has 180 valence electrons. The maximum absolute atomic E-state index is 13.2. The molecule has 2 aromatic carbocycles. The summed E-state index contributed by atoms with van der Waals surface area (Å²) in [5, 5.41) is 0. The summed E-state index contributed by atoms with van der Waals surface area (Å²) in [6, 6.07) is 18.9. The number of nitrogens with zero attached hydrogens (tertiary/aromatic N) is 2. The molecular formula is C26H36N2O4S. The fourth-order valence-corrected chi connectivity index (χ4v) is 6.39. The molecule has 0 amide bonds. The van der Waals surface area contributed by atoms with Crippen LogP contribution in [0.15, 0.2) is 65.6 Å². The summed E-state index contributed by atoms with van der Waals surface area (Å²) >= 11 is 0. The molecule has 2 fully saturated rings. The Kier molecular flexibility index (Phi) is 6.99. The van der Waals surface area contributed by atoms with E-state index in [9.17, 15) is 8.42 Å². The van der Waals surface area contributed by atoms with E-state index in [0.29, 0.717) is 11.4 Å². The number of rotatable bonds is 8.